The molecule has 100 valence electrons. The first-order valence-electron chi connectivity index (χ1n) is 5.78. The molecule has 1 aromatic heterocycles. The molecule has 1 atom stereocenters. The predicted molar refractivity (Wildman–Crippen MR) is 66.3 cm³/mol. The lowest BCUT2D eigenvalue weighted by Crippen LogP contribution is -2.14. The van der Waals surface area contributed by atoms with Crippen molar-refractivity contribution in [3.05, 3.63) is 65.5 Å². The SMILES string of the molecule is NC(Cc1cccnc1)c1ccc(C(F)(F)F)cc1. The number of hydrogen-bond donors (Lipinski definition) is 1. The molecule has 2 aromatic rings. The Hall–Kier alpha value is -1.88. The van der Waals surface area contributed by atoms with Crippen molar-refractivity contribution in [2.45, 2.75) is 18.6 Å². The van der Waals surface area contributed by atoms with Crippen LogP contribution in [0.5, 0.6) is 0 Å². The lowest BCUT2D eigenvalue weighted by atomic mass is 9.99. The molecule has 0 aliphatic carbocycles. The van der Waals surface area contributed by atoms with Crippen molar-refractivity contribution in [3.8, 4) is 0 Å². The number of halogens is 3. The zero-order chi connectivity index (χ0) is 13.9. The highest BCUT2D eigenvalue weighted by molar-refractivity contribution is 5.27. The average molecular weight is 266 g/mol. The minimum Gasteiger partial charge on any atom is -0.324 e. The molecular formula is C14H13F3N2. The Kier molecular flexibility index (Phi) is 3.85. The van der Waals surface area contributed by atoms with E-state index < -0.39 is 11.7 Å². The summed E-state index contributed by atoms with van der Waals surface area (Å²) in [6.45, 7) is 0. The number of nitrogens with zero attached hydrogens (tertiary/aromatic N) is 1. The summed E-state index contributed by atoms with van der Waals surface area (Å²) in [6, 6.07) is 8.29. The number of benzene rings is 1. The molecule has 0 radical (unpaired) electrons. The van der Waals surface area contributed by atoms with Crippen LogP contribution in [0.3, 0.4) is 0 Å². The van der Waals surface area contributed by atoms with Crippen molar-refractivity contribution >= 4 is 0 Å². The van der Waals surface area contributed by atoms with E-state index in [1.54, 1.807) is 18.5 Å². The van der Waals surface area contributed by atoms with Gasteiger partial charge in [0.1, 0.15) is 0 Å². The van der Waals surface area contributed by atoms with Crippen molar-refractivity contribution in [1.29, 1.82) is 0 Å². The Morgan fingerprint density at radius 2 is 1.79 bits per heavy atom. The van der Waals surface area contributed by atoms with Crippen LogP contribution in [0, 0.1) is 0 Å². The first-order valence-corrected chi connectivity index (χ1v) is 5.78. The van der Waals surface area contributed by atoms with Gasteiger partial charge in [0, 0.05) is 18.4 Å². The molecule has 2 N–H and O–H groups in total. The third-order valence-corrected chi connectivity index (χ3v) is 2.84. The Labute approximate surface area is 109 Å². The van der Waals surface area contributed by atoms with E-state index in [2.05, 4.69) is 4.98 Å². The number of nitrogens with two attached hydrogens (primary N) is 1. The highest BCUT2D eigenvalue weighted by Gasteiger charge is 2.30. The second-order valence-corrected chi connectivity index (χ2v) is 4.29. The van der Waals surface area contributed by atoms with Crippen LogP contribution in [0.2, 0.25) is 0 Å². The molecule has 0 bridgehead atoms. The molecule has 5 heteroatoms. The van der Waals surface area contributed by atoms with Gasteiger partial charge in [-0.1, -0.05) is 18.2 Å². The molecule has 0 aliphatic rings. The van der Waals surface area contributed by atoms with Gasteiger partial charge in [-0.3, -0.25) is 4.98 Å². The number of rotatable bonds is 3. The Bertz CT molecular complexity index is 521. The average Bonchev–Trinajstić information content (AvgIpc) is 2.39. The summed E-state index contributed by atoms with van der Waals surface area (Å²) in [5, 5.41) is 0. The van der Waals surface area contributed by atoms with Crippen LogP contribution in [0.1, 0.15) is 22.7 Å². The van der Waals surface area contributed by atoms with Gasteiger partial charge in [-0.2, -0.15) is 13.2 Å². The summed E-state index contributed by atoms with van der Waals surface area (Å²) in [7, 11) is 0. The fraction of sp³-hybridized carbons (Fsp3) is 0.214. The Morgan fingerprint density at radius 1 is 1.11 bits per heavy atom. The van der Waals surface area contributed by atoms with Gasteiger partial charge < -0.3 is 5.73 Å². The highest BCUT2D eigenvalue weighted by atomic mass is 19.4. The van der Waals surface area contributed by atoms with Gasteiger partial charge in [0.25, 0.3) is 0 Å². The van der Waals surface area contributed by atoms with Gasteiger partial charge in [0.2, 0.25) is 0 Å². The molecule has 2 nitrogen and oxygen atoms in total. The van der Waals surface area contributed by atoms with Gasteiger partial charge in [-0.15, -0.1) is 0 Å². The third-order valence-electron chi connectivity index (χ3n) is 2.84. The highest BCUT2D eigenvalue weighted by Crippen LogP contribution is 2.30. The molecule has 1 heterocycles. The minimum absolute atomic E-state index is 0.341. The molecule has 0 saturated heterocycles. The summed E-state index contributed by atoms with van der Waals surface area (Å²) in [6.07, 6.45) is -0.414. The van der Waals surface area contributed by atoms with E-state index in [-0.39, 0.29) is 6.04 Å². The molecule has 0 saturated carbocycles. The lowest BCUT2D eigenvalue weighted by Gasteiger charge is -2.13. The zero-order valence-electron chi connectivity index (χ0n) is 10.1. The smallest absolute Gasteiger partial charge is 0.324 e. The number of hydrogen-bond acceptors (Lipinski definition) is 2. The molecule has 1 aromatic carbocycles. The summed E-state index contributed by atoms with van der Waals surface area (Å²) in [4.78, 5) is 3.97. The van der Waals surface area contributed by atoms with Crippen LogP contribution >= 0.6 is 0 Å². The quantitative estimate of drug-likeness (QED) is 0.925. The maximum Gasteiger partial charge on any atom is 0.416 e. The van der Waals surface area contributed by atoms with Crippen molar-refractivity contribution in [1.82, 2.24) is 4.98 Å². The molecule has 0 amide bonds. The Morgan fingerprint density at radius 3 is 2.32 bits per heavy atom. The molecule has 0 aliphatic heterocycles. The molecule has 0 fully saturated rings. The van der Waals surface area contributed by atoms with Gasteiger partial charge >= 0.3 is 6.18 Å². The van der Waals surface area contributed by atoms with E-state index >= 15 is 0 Å². The van der Waals surface area contributed by atoms with Gasteiger partial charge in [-0.25, -0.2) is 0 Å². The molecule has 19 heavy (non-hydrogen) atoms. The van der Waals surface area contributed by atoms with E-state index in [1.807, 2.05) is 6.07 Å². The maximum atomic E-state index is 12.4. The van der Waals surface area contributed by atoms with Crippen LogP contribution in [0.15, 0.2) is 48.8 Å². The van der Waals surface area contributed by atoms with Crippen LogP contribution < -0.4 is 5.73 Å². The van der Waals surface area contributed by atoms with Crippen LogP contribution in [-0.2, 0) is 12.6 Å². The van der Waals surface area contributed by atoms with Crippen molar-refractivity contribution in [2.24, 2.45) is 5.73 Å². The molecule has 2 rings (SSSR count). The van der Waals surface area contributed by atoms with Crippen molar-refractivity contribution < 1.29 is 13.2 Å². The third kappa shape index (κ3) is 3.54. The Balaban J connectivity index is 2.10. The van der Waals surface area contributed by atoms with E-state index in [0.29, 0.717) is 12.0 Å². The van der Waals surface area contributed by atoms with E-state index in [1.165, 1.54) is 12.1 Å². The van der Waals surface area contributed by atoms with Gasteiger partial charge in [0.05, 0.1) is 5.56 Å². The predicted octanol–water partition coefficient (Wildman–Crippen LogP) is 3.34. The summed E-state index contributed by atoms with van der Waals surface area (Å²) < 4.78 is 37.3. The standard InChI is InChI=1S/C14H13F3N2/c15-14(16,17)12-5-3-11(4-6-12)13(18)8-10-2-1-7-19-9-10/h1-7,9,13H,8,18H2. The van der Waals surface area contributed by atoms with Crippen molar-refractivity contribution in [3.63, 3.8) is 0 Å². The molecular weight excluding hydrogens is 253 g/mol. The fourth-order valence-electron chi connectivity index (χ4n) is 1.81. The topological polar surface area (TPSA) is 38.9 Å². The lowest BCUT2D eigenvalue weighted by molar-refractivity contribution is -0.137. The number of alkyl halides is 3. The van der Waals surface area contributed by atoms with Gasteiger partial charge in [0.15, 0.2) is 0 Å². The first-order chi connectivity index (χ1) is 8.97. The second kappa shape index (κ2) is 5.40. The molecule has 0 spiro atoms. The van der Waals surface area contributed by atoms with Crippen LogP contribution in [0.4, 0.5) is 13.2 Å². The fourth-order valence-corrected chi connectivity index (χ4v) is 1.81. The second-order valence-electron chi connectivity index (χ2n) is 4.29. The summed E-state index contributed by atoms with van der Waals surface area (Å²) >= 11 is 0. The van der Waals surface area contributed by atoms with Crippen LogP contribution in [0.25, 0.3) is 0 Å². The normalized spacial score (nSPS) is 13.3. The largest absolute Gasteiger partial charge is 0.416 e. The first kappa shape index (κ1) is 13.5. The number of aromatic nitrogens is 1. The maximum absolute atomic E-state index is 12.4. The zero-order valence-corrected chi connectivity index (χ0v) is 10.1. The van der Waals surface area contributed by atoms with E-state index in [4.69, 9.17) is 5.73 Å². The summed E-state index contributed by atoms with van der Waals surface area (Å²) in [5.74, 6) is 0. The van der Waals surface area contributed by atoms with E-state index in [0.717, 1.165) is 17.7 Å². The monoisotopic (exact) mass is 266 g/mol. The van der Waals surface area contributed by atoms with Crippen LogP contribution in [-0.4, -0.2) is 4.98 Å². The van der Waals surface area contributed by atoms with Gasteiger partial charge in [-0.05, 0) is 35.7 Å². The van der Waals surface area contributed by atoms with E-state index in [9.17, 15) is 13.2 Å². The molecule has 1 unspecified atom stereocenters. The number of pyridine rings is 1. The summed E-state index contributed by atoms with van der Waals surface area (Å²) in [5.41, 5.74) is 6.95. The van der Waals surface area contributed by atoms with Crippen molar-refractivity contribution in [2.75, 3.05) is 0 Å². The minimum atomic E-state index is -4.31.